The van der Waals surface area contributed by atoms with E-state index in [1.807, 2.05) is 6.92 Å². The molecule has 0 aliphatic heterocycles. The topological polar surface area (TPSA) is 68.3 Å². The van der Waals surface area contributed by atoms with Gasteiger partial charge in [0.25, 0.3) is 5.91 Å². The molecule has 0 spiro atoms. The summed E-state index contributed by atoms with van der Waals surface area (Å²) in [6.07, 6.45) is 0. The van der Waals surface area contributed by atoms with Crippen LogP contribution in [-0.2, 0) is 0 Å². The lowest BCUT2D eigenvalue weighted by Gasteiger charge is -2.08. The highest BCUT2D eigenvalue weighted by atomic mass is 32.1. The van der Waals surface area contributed by atoms with Crippen molar-refractivity contribution in [3.05, 3.63) is 40.9 Å². The van der Waals surface area contributed by atoms with Gasteiger partial charge in [-0.2, -0.15) is 0 Å². The van der Waals surface area contributed by atoms with E-state index in [4.69, 9.17) is 4.74 Å². The maximum Gasteiger partial charge on any atom is 0.261 e. The Hall–Kier alpha value is -2.21. The number of carbonyl (C=O) groups is 2. The SMILES string of the molecule is CCOc1ccccc1C(=O)Nc1nc(C(C)=O)cs1. The van der Waals surface area contributed by atoms with Gasteiger partial charge in [0.15, 0.2) is 10.9 Å². The van der Waals surface area contributed by atoms with Crippen LogP contribution in [0.15, 0.2) is 29.6 Å². The second kappa shape index (κ2) is 6.29. The highest BCUT2D eigenvalue weighted by Crippen LogP contribution is 2.21. The molecule has 0 aliphatic carbocycles. The molecular formula is C14H14N2O3S. The first-order valence-electron chi connectivity index (χ1n) is 6.11. The fourth-order valence-corrected chi connectivity index (χ4v) is 2.34. The molecule has 0 bridgehead atoms. The third-order valence-electron chi connectivity index (χ3n) is 2.52. The molecule has 1 heterocycles. The van der Waals surface area contributed by atoms with Gasteiger partial charge in [0.05, 0.1) is 12.2 Å². The quantitative estimate of drug-likeness (QED) is 0.859. The van der Waals surface area contributed by atoms with Gasteiger partial charge in [0, 0.05) is 12.3 Å². The summed E-state index contributed by atoms with van der Waals surface area (Å²) in [5, 5.41) is 4.68. The van der Waals surface area contributed by atoms with Crippen molar-refractivity contribution in [1.29, 1.82) is 0 Å². The van der Waals surface area contributed by atoms with Gasteiger partial charge in [-0.15, -0.1) is 11.3 Å². The van der Waals surface area contributed by atoms with E-state index in [9.17, 15) is 9.59 Å². The summed E-state index contributed by atoms with van der Waals surface area (Å²) in [6.45, 7) is 3.77. The van der Waals surface area contributed by atoms with Crippen molar-refractivity contribution >= 4 is 28.2 Å². The smallest absolute Gasteiger partial charge is 0.261 e. The standard InChI is InChI=1S/C14H14N2O3S/c1-3-19-12-7-5-4-6-10(12)13(18)16-14-15-11(8-20-14)9(2)17/h4-8H,3H2,1-2H3,(H,15,16,18). The van der Waals surface area contributed by atoms with Crippen LogP contribution in [0.3, 0.4) is 0 Å². The summed E-state index contributed by atoms with van der Waals surface area (Å²) in [5.41, 5.74) is 0.789. The van der Waals surface area contributed by atoms with Crippen LogP contribution in [0, 0.1) is 0 Å². The van der Waals surface area contributed by atoms with Crippen molar-refractivity contribution in [1.82, 2.24) is 4.98 Å². The molecule has 0 aliphatic rings. The van der Waals surface area contributed by atoms with Crippen molar-refractivity contribution in [2.45, 2.75) is 13.8 Å². The van der Waals surface area contributed by atoms with Crippen LogP contribution in [-0.4, -0.2) is 23.3 Å². The number of aromatic nitrogens is 1. The molecule has 0 saturated carbocycles. The molecule has 1 aromatic carbocycles. The van der Waals surface area contributed by atoms with E-state index in [0.29, 0.717) is 28.7 Å². The molecule has 2 rings (SSSR count). The number of nitrogens with zero attached hydrogens (tertiary/aromatic N) is 1. The number of ether oxygens (including phenoxy) is 1. The number of thiazole rings is 1. The maximum absolute atomic E-state index is 12.2. The van der Waals surface area contributed by atoms with E-state index in [1.54, 1.807) is 29.6 Å². The number of amides is 1. The first kappa shape index (κ1) is 14.2. The second-order valence-electron chi connectivity index (χ2n) is 3.98. The van der Waals surface area contributed by atoms with Crippen LogP contribution in [0.1, 0.15) is 34.7 Å². The summed E-state index contributed by atoms with van der Waals surface area (Å²) >= 11 is 1.22. The van der Waals surface area contributed by atoms with E-state index in [-0.39, 0.29) is 11.7 Å². The minimum absolute atomic E-state index is 0.128. The number of carbonyl (C=O) groups excluding carboxylic acids is 2. The van der Waals surface area contributed by atoms with Crippen LogP contribution < -0.4 is 10.1 Å². The zero-order valence-corrected chi connectivity index (χ0v) is 12.0. The molecule has 0 unspecified atom stereocenters. The van der Waals surface area contributed by atoms with Gasteiger partial charge in [0.1, 0.15) is 11.4 Å². The number of benzene rings is 1. The van der Waals surface area contributed by atoms with Crippen molar-refractivity contribution in [2.24, 2.45) is 0 Å². The zero-order chi connectivity index (χ0) is 14.5. The molecule has 0 fully saturated rings. The van der Waals surface area contributed by atoms with Crippen molar-refractivity contribution in [3.63, 3.8) is 0 Å². The Labute approximate surface area is 120 Å². The molecule has 0 atom stereocenters. The predicted octanol–water partition coefficient (Wildman–Crippen LogP) is 3.00. The van der Waals surface area contributed by atoms with Crippen molar-refractivity contribution < 1.29 is 14.3 Å². The van der Waals surface area contributed by atoms with E-state index in [0.717, 1.165) is 0 Å². The minimum atomic E-state index is -0.307. The van der Waals surface area contributed by atoms with Crippen LogP contribution >= 0.6 is 11.3 Å². The first-order valence-corrected chi connectivity index (χ1v) is 6.99. The van der Waals surface area contributed by atoms with Crippen LogP contribution in [0.2, 0.25) is 0 Å². The van der Waals surface area contributed by atoms with Crippen molar-refractivity contribution in [2.75, 3.05) is 11.9 Å². The second-order valence-corrected chi connectivity index (χ2v) is 4.84. The molecule has 1 N–H and O–H groups in total. The Bertz CT molecular complexity index is 637. The Morgan fingerprint density at radius 3 is 2.75 bits per heavy atom. The van der Waals surface area contributed by atoms with Gasteiger partial charge in [-0.1, -0.05) is 12.1 Å². The number of para-hydroxylation sites is 1. The summed E-state index contributed by atoms with van der Waals surface area (Å²) in [5.74, 6) is 0.0887. The lowest BCUT2D eigenvalue weighted by atomic mass is 10.2. The molecule has 1 aromatic heterocycles. The summed E-state index contributed by atoms with van der Waals surface area (Å²) in [4.78, 5) is 27.4. The average Bonchev–Trinajstić information content (AvgIpc) is 2.88. The largest absolute Gasteiger partial charge is 0.493 e. The van der Waals surface area contributed by atoms with E-state index in [1.165, 1.54) is 18.3 Å². The zero-order valence-electron chi connectivity index (χ0n) is 11.2. The molecule has 20 heavy (non-hydrogen) atoms. The maximum atomic E-state index is 12.2. The van der Waals surface area contributed by atoms with E-state index < -0.39 is 0 Å². The van der Waals surface area contributed by atoms with Gasteiger partial charge in [-0.05, 0) is 19.1 Å². The first-order chi connectivity index (χ1) is 9.61. The van der Waals surface area contributed by atoms with Gasteiger partial charge in [-0.25, -0.2) is 4.98 Å². The highest BCUT2D eigenvalue weighted by Gasteiger charge is 2.14. The lowest BCUT2D eigenvalue weighted by Crippen LogP contribution is -2.13. The van der Waals surface area contributed by atoms with Gasteiger partial charge < -0.3 is 4.74 Å². The monoisotopic (exact) mass is 290 g/mol. The third-order valence-corrected chi connectivity index (χ3v) is 3.27. The summed E-state index contributed by atoms with van der Waals surface area (Å²) < 4.78 is 5.41. The van der Waals surface area contributed by atoms with Gasteiger partial charge in [-0.3, -0.25) is 14.9 Å². The number of anilines is 1. The van der Waals surface area contributed by atoms with Crippen LogP contribution in [0.4, 0.5) is 5.13 Å². The highest BCUT2D eigenvalue weighted by molar-refractivity contribution is 7.14. The fraction of sp³-hybridized carbons (Fsp3) is 0.214. The molecule has 6 heteroatoms. The van der Waals surface area contributed by atoms with Crippen LogP contribution in [0.25, 0.3) is 0 Å². The van der Waals surface area contributed by atoms with Gasteiger partial charge >= 0.3 is 0 Å². The summed E-state index contributed by atoms with van der Waals surface area (Å²) in [7, 11) is 0. The Morgan fingerprint density at radius 2 is 2.10 bits per heavy atom. The van der Waals surface area contributed by atoms with E-state index >= 15 is 0 Å². The molecule has 104 valence electrons. The normalized spacial score (nSPS) is 10.1. The number of hydrogen-bond acceptors (Lipinski definition) is 5. The van der Waals surface area contributed by atoms with Gasteiger partial charge in [0.2, 0.25) is 0 Å². The predicted molar refractivity (Wildman–Crippen MR) is 77.7 cm³/mol. The number of nitrogens with one attached hydrogen (secondary N) is 1. The van der Waals surface area contributed by atoms with E-state index in [2.05, 4.69) is 10.3 Å². The Kier molecular flexibility index (Phi) is 4.47. The van der Waals surface area contributed by atoms with Crippen molar-refractivity contribution in [3.8, 4) is 5.75 Å². The molecule has 0 radical (unpaired) electrons. The molecule has 1 amide bonds. The molecular weight excluding hydrogens is 276 g/mol. The number of Topliss-reactive ketones (excluding diaryl/α,β-unsaturated/α-hetero) is 1. The Morgan fingerprint density at radius 1 is 1.35 bits per heavy atom. The number of ketones is 1. The van der Waals surface area contributed by atoms with Crippen LogP contribution in [0.5, 0.6) is 5.75 Å². The summed E-state index contributed by atoms with van der Waals surface area (Å²) in [6, 6.07) is 6.99. The Balaban J connectivity index is 2.17. The molecule has 0 saturated heterocycles. The average molecular weight is 290 g/mol. The number of rotatable bonds is 5. The lowest BCUT2D eigenvalue weighted by molar-refractivity contribution is 0.100. The minimum Gasteiger partial charge on any atom is -0.493 e. The number of hydrogen-bond donors (Lipinski definition) is 1. The third kappa shape index (κ3) is 3.21. The molecule has 2 aromatic rings. The molecule has 5 nitrogen and oxygen atoms in total. The fourth-order valence-electron chi connectivity index (χ4n) is 1.59.